The van der Waals surface area contributed by atoms with Gasteiger partial charge in [-0.25, -0.2) is 4.39 Å². The van der Waals surface area contributed by atoms with E-state index in [9.17, 15) is 14.3 Å². The van der Waals surface area contributed by atoms with Gasteiger partial charge >= 0.3 is 0 Å². The van der Waals surface area contributed by atoms with Gasteiger partial charge in [0.15, 0.2) is 0 Å². The van der Waals surface area contributed by atoms with Gasteiger partial charge in [0.1, 0.15) is 5.82 Å². The SMILES string of the molecule is O=C(CN1CCCC(CO)C1)N1CCN(c2ccc(F)cc2)CC1. The van der Waals surface area contributed by atoms with E-state index >= 15 is 0 Å². The van der Waals surface area contributed by atoms with Crippen molar-refractivity contribution in [3.8, 4) is 0 Å². The largest absolute Gasteiger partial charge is 0.396 e. The molecule has 132 valence electrons. The molecule has 24 heavy (non-hydrogen) atoms. The second-order valence-electron chi connectivity index (χ2n) is 6.77. The third-order valence-corrected chi connectivity index (χ3v) is 5.04. The van der Waals surface area contributed by atoms with Crippen molar-refractivity contribution < 1.29 is 14.3 Å². The molecule has 1 unspecified atom stereocenters. The zero-order valence-corrected chi connectivity index (χ0v) is 14.0. The van der Waals surface area contributed by atoms with Crippen molar-refractivity contribution in [3.05, 3.63) is 30.1 Å². The van der Waals surface area contributed by atoms with Crippen molar-refractivity contribution in [3.63, 3.8) is 0 Å². The van der Waals surface area contributed by atoms with Crippen molar-refractivity contribution in [2.45, 2.75) is 12.8 Å². The Morgan fingerprint density at radius 3 is 2.50 bits per heavy atom. The third-order valence-electron chi connectivity index (χ3n) is 5.04. The van der Waals surface area contributed by atoms with Crippen LogP contribution in [-0.2, 0) is 4.79 Å². The number of likely N-dealkylation sites (tertiary alicyclic amines) is 1. The first kappa shape index (κ1) is 17.2. The summed E-state index contributed by atoms with van der Waals surface area (Å²) in [5.74, 6) is 0.254. The highest BCUT2D eigenvalue weighted by atomic mass is 19.1. The number of piperazine rings is 1. The Kier molecular flexibility index (Phi) is 5.68. The van der Waals surface area contributed by atoms with E-state index in [1.807, 2.05) is 4.90 Å². The van der Waals surface area contributed by atoms with Gasteiger partial charge in [-0.05, 0) is 49.6 Å². The van der Waals surface area contributed by atoms with Gasteiger partial charge in [-0.2, -0.15) is 0 Å². The number of halogens is 1. The lowest BCUT2D eigenvalue weighted by Crippen LogP contribution is -2.52. The molecule has 1 N–H and O–H groups in total. The van der Waals surface area contributed by atoms with Crippen LogP contribution in [0.5, 0.6) is 0 Å². The van der Waals surface area contributed by atoms with Gasteiger partial charge in [0.05, 0.1) is 6.54 Å². The van der Waals surface area contributed by atoms with Crippen LogP contribution in [0, 0.1) is 11.7 Å². The molecule has 0 spiro atoms. The second kappa shape index (κ2) is 7.94. The van der Waals surface area contributed by atoms with Gasteiger partial charge < -0.3 is 14.9 Å². The van der Waals surface area contributed by atoms with Crippen molar-refractivity contribution in [1.29, 1.82) is 0 Å². The maximum absolute atomic E-state index is 13.0. The second-order valence-corrected chi connectivity index (χ2v) is 6.77. The smallest absolute Gasteiger partial charge is 0.236 e. The van der Waals surface area contributed by atoms with E-state index in [1.54, 1.807) is 12.1 Å². The summed E-state index contributed by atoms with van der Waals surface area (Å²) < 4.78 is 13.0. The highest BCUT2D eigenvalue weighted by Crippen LogP contribution is 2.18. The Labute approximate surface area is 142 Å². The molecule has 0 radical (unpaired) electrons. The monoisotopic (exact) mass is 335 g/mol. The van der Waals surface area contributed by atoms with Gasteiger partial charge in [0.2, 0.25) is 5.91 Å². The van der Waals surface area contributed by atoms with Crippen LogP contribution >= 0.6 is 0 Å². The van der Waals surface area contributed by atoms with Crippen molar-refractivity contribution in [2.24, 2.45) is 5.92 Å². The number of amides is 1. The van der Waals surface area contributed by atoms with Crippen molar-refractivity contribution in [2.75, 3.05) is 57.3 Å². The van der Waals surface area contributed by atoms with Crippen LogP contribution < -0.4 is 4.90 Å². The molecule has 0 bridgehead atoms. The molecular weight excluding hydrogens is 309 g/mol. The number of hydrogen-bond acceptors (Lipinski definition) is 4. The summed E-state index contributed by atoms with van der Waals surface area (Å²) in [6.07, 6.45) is 2.11. The number of hydrogen-bond donors (Lipinski definition) is 1. The molecule has 2 aliphatic rings. The number of rotatable bonds is 4. The number of carbonyl (C=O) groups excluding carboxylic acids is 1. The van der Waals surface area contributed by atoms with Gasteiger partial charge in [-0.15, -0.1) is 0 Å². The van der Waals surface area contributed by atoms with Gasteiger partial charge in [0, 0.05) is 45.0 Å². The molecule has 3 rings (SSSR count). The summed E-state index contributed by atoms with van der Waals surface area (Å²) in [4.78, 5) is 18.8. The minimum absolute atomic E-state index is 0.173. The number of nitrogens with zero attached hydrogens (tertiary/aromatic N) is 3. The fourth-order valence-electron chi connectivity index (χ4n) is 3.60. The third kappa shape index (κ3) is 4.24. The van der Waals surface area contributed by atoms with Crippen LogP contribution in [0.15, 0.2) is 24.3 Å². The fourth-order valence-corrected chi connectivity index (χ4v) is 3.60. The molecule has 2 saturated heterocycles. The van der Waals surface area contributed by atoms with E-state index in [2.05, 4.69) is 9.80 Å². The van der Waals surface area contributed by atoms with E-state index in [-0.39, 0.29) is 18.3 Å². The van der Waals surface area contributed by atoms with Gasteiger partial charge in [-0.3, -0.25) is 9.69 Å². The Morgan fingerprint density at radius 2 is 1.83 bits per heavy atom. The summed E-state index contributed by atoms with van der Waals surface area (Å²) in [7, 11) is 0. The topological polar surface area (TPSA) is 47.0 Å². The first-order valence-corrected chi connectivity index (χ1v) is 8.77. The molecule has 1 aromatic carbocycles. The molecule has 2 aliphatic heterocycles. The van der Waals surface area contributed by atoms with Crippen LogP contribution in [0.1, 0.15) is 12.8 Å². The van der Waals surface area contributed by atoms with Crippen LogP contribution in [0.25, 0.3) is 0 Å². The molecule has 5 nitrogen and oxygen atoms in total. The number of benzene rings is 1. The van der Waals surface area contributed by atoms with E-state index in [1.165, 1.54) is 12.1 Å². The zero-order valence-electron chi connectivity index (χ0n) is 14.0. The van der Waals surface area contributed by atoms with Crippen LogP contribution in [0.3, 0.4) is 0 Å². The Morgan fingerprint density at radius 1 is 1.12 bits per heavy atom. The number of aliphatic hydroxyl groups is 1. The van der Waals surface area contributed by atoms with Gasteiger partial charge in [0.25, 0.3) is 0 Å². The molecule has 6 heteroatoms. The highest BCUT2D eigenvalue weighted by molar-refractivity contribution is 5.78. The van der Waals surface area contributed by atoms with Crippen LogP contribution in [0.4, 0.5) is 10.1 Å². The lowest BCUT2D eigenvalue weighted by molar-refractivity contribution is -0.133. The quantitative estimate of drug-likeness (QED) is 0.898. The first-order valence-electron chi connectivity index (χ1n) is 8.77. The molecule has 1 aromatic rings. The lowest BCUT2D eigenvalue weighted by atomic mass is 9.99. The lowest BCUT2D eigenvalue weighted by Gasteiger charge is -2.38. The van der Waals surface area contributed by atoms with E-state index < -0.39 is 0 Å². The standard InChI is InChI=1S/C18H26FN3O2/c19-16-3-5-17(6-4-16)21-8-10-22(11-9-21)18(24)13-20-7-1-2-15(12-20)14-23/h3-6,15,23H,1-2,7-14H2. The highest BCUT2D eigenvalue weighted by Gasteiger charge is 2.25. The minimum atomic E-state index is -0.227. The zero-order chi connectivity index (χ0) is 16.9. The van der Waals surface area contributed by atoms with Crippen molar-refractivity contribution in [1.82, 2.24) is 9.80 Å². The van der Waals surface area contributed by atoms with Crippen LogP contribution in [-0.4, -0.2) is 73.2 Å². The van der Waals surface area contributed by atoms with Crippen molar-refractivity contribution >= 4 is 11.6 Å². The Hall–Kier alpha value is -1.66. The molecule has 2 heterocycles. The summed E-state index contributed by atoms with van der Waals surface area (Å²) in [5, 5.41) is 9.30. The molecule has 1 atom stereocenters. The molecule has 0 aromatic heterocycles. The normalized spacial score (nSPS) is 22.7. The molecule has 1 amide bonds. The summed E-state index contributed by atoms with van der Waals surface area (Å²) in [5.41, 5.74) is 1.00. The number of anilines is 1. The Balaban J connectivity index is 1.47. The average Bonchev–Trinajstić information content (AvgIpc) is 2.62. The molecule has 2 fully saturated rings. The molecular formula is C18H26FN3O2. The minimum Gasteiger partial charge on any atom is -0.396 e. The number of aliphatic hydroxyl groups excluding tert-OH is 1. The predicted molar refractivity (Wildman–Crippen MR) is 91.4 cm³/mol. The predicted octanol–water partition coefficient (Wildman–Crippen LogP) is 1.18. The summed E-state index contributed by atoms with van der Waals surface area (Å²) in [6, 6.07) is 6.52. The number of piperidine rings is 1. The average molecular weight is 335 g/mol. The van der Waals surface area contributed by atoms with E-state index in [4.69, 9.17) is 0 Å². The van der Waals surface area contributed by atoms with E-state index in [0.29, 0.717) is 25.6 Å². The molecule has 0 saturated carbocycles. The van der Waals surface area contributed by atoms with E-state index in [0.717, 1.165) is 44.7 Å². The van der Waals surface area contributed by atoms with Crippen LogP contribution in [0.2, 0.25) is 0 Å². The van der Waals surface area contributed by atoms with Gasteiger partial charge in [-0.1, -0.05) is 0 Å². The number of carbonyl (C=O) groups is 1. The Bertz CT molecular complexity index is 544. The summed E-state index contributed by atoms with van der Waals surface area (Å²) >= 11 is 0. The summed E-state index contributed by atoms with van der Waals surface area (Å²) in [6.45, 7) is 5.37. The fraction of sp³-hybridized carbons (Fsp3) is 0.611. The molecule has 0 aliphatic carbocycles. The first-order chi connectivity index (χ1) is 11.7. The maximum Gasteiger partial charge on any atom is 0.236 e. The maximum atomic E-state index is 13.0.